The summed E-state index contributed by atoms with van der Waals surface area (Å²) in [4.78, 5) is 0. The van der Waals surface area contributed by atoms with Crippen molar-refractivity contribution < 1.29 is 8.60 Å². The molecule has 1 saturated heterocycles. The number of benzene rings is 1. The molecule has 0 aromatic heterocycles. The molecule has 1 heterocycles. The van der Waals surface area contributed by atoms with Crippen LogP contribution in [0.1, 0.15) is 18.4 Å². The first kappa shape index (κ1) is 13.0. The van der Waals surface area contributed by atoms with Crippen molar-refractivity contribution >= 4 is 22.4 Å². The van der Waals surface area contributed by atoms with Gasteiger partial charge in [0, 0.05) is 45.5 Å². The van der Waals surface area contributed by atoms with Gasteiger partial charge in [0.15, 0.2) is 0 Å². The smallest absolute Gasteiger partial charge is 0.127 e. The predicted octanol–water partition coefficient (Wildman–Crippen LogP) is 2.48. The van der Waals surface area contributed by atoms with Crippen LogP contribution in [0, 0.1) is 5.82 Å². The van der Waals surface area contributed by atoms with Crippen molar-refractivity contribution in [2.24, 2.45) is 0 Å². The molecule has 0 bridgehead atoms. The Bertz CT molecular complexity index is 417. The molecule has 0 aliphatic carbocycles. The largest absolute Gasteiger partial charge is 0.310 e. The molecule has 1 aromatic rings. The Balaban J connectivity index is 1.89. The Hall–Kier alpha value is -0.450. The molecule has 0 spiro atoms. The van der Waals surface area contributed by atoms with E-state index in [0.717, 1.165) is 24.3 Å². The number of hydrogen-bond acceptors (Lipinski definition) is 2. The summed E-state index contributed by atoms with van der Waals surface area (Å²) in [6.07, 6.45) is 1.80. The average Bonchev–Trinajstić information content (AvgIpc) is 2.32. The highest BCUT2D eigenvalue weighted by Gasteiger charge is 2.17. The SMILES string of the molecule is O=S1CCC(NCc2cc(Cl)ccc2F)CC1. The molecule has 1 aliphatic rings. The molecule has 1 aliphatic heterocycles. The van der Waals surface area contributed by atoms with Crippen molar-refractivity contribution in [2.75, 3.05) is 11.5 Å². The van der Waals surface area contributed by atoms with Crippen LogP contribution >= 0.6 is 11.6 Å². The van der Waals surface area contributed by atoms with Gasteiger partial charge < -0.3 is 5.32 Å². The van der Waals surface area contributed by atoms with Crippen molar-refractivity contribution in [3.63, 3.8) is 0 Å². The molecular weight excluding hydrogens is 261 g/mol. The van der Waals surface area contributed by atoms with Crippen LogP contribution in [0.2, 0.25) is 5.02 Å². The molecule has 0 radical (unpaired) electrons. The highest BCUT2D eigenvalue weighted by atomic mass is 35.5. The van der Waals surface area contributed by atoms with Gasteiger partial charge >= 0.3 is 0 Å². The fourth-order valence-corrected chi connectivity index (χ4v) is 3.42. The second-order valence-corrected chi connectivity index (χ2v) is 6.37. The predicted molar refractivity (Wildman–Crippen MR) is 69.1 cm³/mol. The molecule has 5 heteroatoms. The Morgan fingerprint density at radius 1 is 1.41 bits per heavy atom. The average molecular weight is 276 g/mol. The van der Waals surface area contributed by atoms with E-state index < -0.39 is 10.8 Å². The highest BCUT2D eigenvalue weighted by Crippen LogP contribution is 2.16. The van der Waals surface area contributed by atoms with Gasteiger partial charge in [0.05, 0.1) is 0 Å². The van der Waals surface area contributed by atoms with Crippen LogP contribution in [0.3, 0.4) is 0 Å². The molecule has 0 saturated carbocycles. The maximum atomic E-state index is 13.4. The molecule has 0 atom stereocenters. The summed E-state index contributed by atoms with van der Waals surface area (Å²) in [5, 5.41) is 3.84. The van der Waals surface area contributed by atoms with Crippen LogP contribution in [-0.4, -0.2) is 21.8 Å². The first-order valence-corrected chi connectivity index (χ1v) is 7.54. The van der Waals surface area contributed by atoms with Crippen LogP contribution in [0.15, 0.2) is 18.2 Å². The normalized spacial score (nSPS) is 24.8. The van der Waals surface area contributed by atoms with E-state index >= 15 is 0 Å². The minimum Gasteiger partial charge on any atom is -0.310 e. The number of halogens is 2. The third-order valence-electron chi connectivity index (χ3n) is 2.98. The van der Waals surface area contributed by atoms with Gasteiger partial charge in [-0.1, -0.05) is 11.6 Å². The van der Waals surface area contributed by atoms with Crippen molar-refractivity contribution in [1.29, 1.82) is 0 Å². The van der Waals surface area contributed by atoms with E-state index in [1.165, 1.54) is 6.07 Å². The Morgan fingerprint density at radius 3 is 2.82 bits per heavy atom. The first-order chi connectivity index (χ1) is 8.15. The van der Waals surface area contributed by atoms with Gasteiger partial charge in [-0.05, 0) is 31.0 Å². The van der Waals surface area contributed by atoms with Crippen molar-refractivity contribution in [3.8, 4) is 0 Å². The second-order valence-electron chi connectivity index (χ2n) is 4.24. The molecular formula is C12H15ClFNOS. The third-order valence-corrected chi connectivity index (χ3v) is 4.59. The zero-order valence-corrected chi connectivity index (χ0v) is 11.0. The van der Waals surface area contributed by atoms with E-state index in [1.807, 2.05) is 0 Å². The molecule has 1 aromatic carbocycles. The van der Waals surface area contributed by atoms with Gasteiger partial charge in [-0.15, -0.1) is 0 Å². The fraction of sp³-hybridized carbons (Fsp3) is 0.500. The first-order valence-electron chi connectivity index (χ1n) is 5.67. The summed E-state index contributed by atoms with van der Waals surface area (Å²) in [6.45, 7) is 0.476. The van der Waals surface area contributed by atoms with Crippen LogP contribution in [-0.2, 0) is 17.3 Å². The molecule has 1 N–H and O–H groups in total. The number of nitrogens with one attached hydrogen (secondary N) is 1. The third kappa shape index (κ3) is 3.76. The van der Waals surface area contributed by atoms with Gasteiger partial charge in [0.2, 0.25) is 0 Å². The fourth-order valence-electron chi connectivity index (χ4n) is 1.93. The van der Waals surface area contributed by atoms with Crippen LogP contribution in [0.5, 0.6) is 0 Å². The molecule has 0 unspecified atom stereocenters. The van der Waals surface area contributed by atoms with Crippen LogP contribution in [0.4, 0.5) is 4.39 Å². The lowest BCUT2D eigenvalue weighted by molar-refractivity contribution is 0.467. The molecule has 17 heavy (non-hydrogen) atoms. The van der Waals surface area contributed by atoms with Crippen molar-refractivity contribution in [1.82, 2.24) is 5.32 Å². The van der Waals surface area contributed by atoms with E-state index in [1.54, 1.807) is 12.1 Å². The summed E-state index contributed by atoms with van der Waals surface area (Å²) in [7, 11) is -0.652. The zero-order valence-electron chi connectivity index (χ0n) is 9.42. The summed E-state index contributed by atoms with van der Waals surface area (Å²) < 4.78 is 24.6. The lowest BCUT2D eigenvalue weighted by atomic mass is 10.1. The lowest BCUT2D eigenvalue weighted by Gasteiger charge is -2.22. The zero-order chi connectivity index (χ0) is 12.3. The minimum atomic E-state index is -0.652. The quantitative estimate of drug-likeness (QED) is 0.918. The summed E-state index contributed by atoms with van der Waals surface area (Å²) >= 11 is 5.82. The highest BCUT2D eigenvalue weighted by molar-refractivity contribution is 7.85. The summed E-state index contributed by atoms with van der Waals surface area (Å²) in [5.74, 6) is 1.26. The second kappa shape index (κ2) is 5.94. The number of rotatable bonds is 3. The van der Waals surface area contributed by atoms with Gasteiger partial charge in [0.1, 0.15) is 5.82 Å². The summed E-state index contributed by atoms with van der Waals surface area (Å²) in [5.41, 5.74) is 0.587. The Morgan fingerprint density at radius 2 is 2.12 bits per heavy atom. The van der Waals surface area contributed by atoms with E-state index in [2.05, 4.69) is 5.32 Å². The molecule has 1 fully saturated rings. The lowest BCUT2D eigenvalue weighted by Crippen LogP contribution is -2.35. The van der Waals surface area contributed by atoms with E-state index in [4.69, 9.17) is 11.6 Å². The van der Waals surface area contributed by atoms with Crippen molar-refractivity contribution in [3.05, 3.63) is 34.6 Å². The van der Waals surface area contributed by atoms with Crippen LogP contribution < -0.4 is 5.32 Å². The molecule has 2 rings (SSSR count). The Kier molecular flexibility index (Phi) is 4.54. The number of hydrogen-bond donors (Lipinski definition) is 1. The summed E-state index contributed by atoms with van der Waals surface area (Å²) in [6, 6.07) is 4.91. The standard InChI is InChI=1S/C12H15ClFNOS/c13-10-1-2-12(14)9(7-10)8-15-11-3-5-17(16)6-4-11/h1-2,7,11,15H,3-6,8H2. The molecule has 2 nitrogen and oxygen atoms in total. The van der Waals surface area contributed by atoms with Gasteiger partial charge in [-0.3, -0.25) is 4.21 Å². The molecule has 0 amide bonds. The van der Waals surface area contributed by atoms with E-state index in [-0.39, 0.29) is 5.82 Å². The van der Waals surface area contributed by atoms with E-state index in [0.29, 0.717) is 23.2 Å². The topological polar surface area (TPSA) is 29.1 Å². The Labute approximate surface area is 108 Å². The van der Waals surface area contributed by atoms with Gasteiger partial charge in [0.25, 0.3) is 0 Å². The van der Waals surface area contributed by atoms with Crippen LogP contribution in [0.25, 0.3) is 0 Å². The van der Waals surface area contributed by atoms with Gasteiger partial charge in [-0.25, -0.2) is 4.39 Å². The molecule has 94 valence electrons. The van der Waals surface area contributed by atoms with Gasteiger partial charge in [-0.2, -0.15) is 0 Å². The minimum absolute atomic E-state index is 0.235. The maximum absolute atomic E-state index is 13.4. The van der Waals surface area contributed by atoms with Crippen molar-refractivity contribution in [2.45, 2.75) is 25.4 Å². The monoisotopic (exact) mass is 275 g/mol. The maximum Gasteiger partial charge on any atom is 0.127 e. The van der Waals surface area contributed by atoms with E-state index in [9.17, 15) is 8.60 Å².